The summed E-state index contributed by atoms with van der Waals surface area (Å²) in [6.07, 6.45) is 0.680. The predicted octanol–water partition coefficient (Wildman–Crippen LogP) is 1.98. The standard InChI is InChI=1S/C14H16N2O5S/c1-9-2-3-10(8-11(9)16(20)21)12(17)15-14(13(18)19)4-6-22-7-5-14/h2-3,8H,4-7H2,1H3,(H,15,17)(H,18,19). The van der Waals surface area contributed by atoms with Crippen molar-refractivity contribution in [3.63, 3.8) is 0 Å². The number of aliphatic carboxylic acids is 1. The van der Waals surface area contributed by atoms with Crippen molar-refractivity contribution in [1.29, 1.82) is 0 Å². The summed E-state index contributed by atoms with van der Waals surface area (Å²) in [5.41, 5.74) is -0.905. The molecule has 1 aliphatic rings. The zero-order valence-electron chi connectivity index (χ0n) is 12.0. The Kier molecular flexibility index (Phi) is 4.70. The van der Waals surface area contributed by atoms with Crippen LogP contribution in [-0.2, 0) is 4.79 Å². The Morgan fingerprint density at radius 3 is 2.55 bits per heavy atom. The molecule has 7 nitrogen and oxygen atoms in total. The third-order valence-electron chi connectivity index (χ3n) is 3.78. The van der Waals surface area contributed by atoms with Gasteiger partial charge in [0.2, 0.25) is 0 Å². The lowest BCUT2D eigenvalue weighted by atomic mass is 9.91. The number of nitrogens with one attached hydrogen (secondary N) is 1. The minimum atomic E-state index is -1.29. The predicted molar refractivity (Wildman–Crippen MR) is 82.2 cm³/mol. The highest BCUT2D eigenvalue weighted by Gasteiger charge is 2.41. The molecule has 1 saturated heterocycles. The minimum absolute atomic E-state index is 0.0937. The van der Waals surface area contributed by atoms with Gasteiger partial charge in [0.1, 0.15) is 5.54 Å². The van der Waals surface area contributed by atoms with Crippen LogP contribution in [0.3, 0.4) is 0 Å². The monoisotopic (exact) mass is 324 g/mol. The first-order valence-electron chi connectivity index (χ1n) is 6.74. The van der Waals surface area contributed by atoms with Gasteiger partial charge in [-0.05, 0) is 37.3 Å². The fourth-order valence-electron chi connectivity index (χ4n) is 2.35. The maximum absolute atomic E-state index is 12.3. The molecule has 2 N–H and O–H groups in total. The average Bonchev–Trinajstić information content (AvgIpc) is 2.48. The molecule has 1 aromatic carbocycles. The largest absolute Gasteiger partial charge is 0.480 e. The molecule has 118 valence electrons. The van der Waals surface area contributed by atoms with Gasteiger partial charge in [-0.1, -0.05) is 6.07 Å². The highest BCUT2D eigenvalue weighted by Crippen LogP contribution is 2.28. The van der Waals surface area contributed by atoms with Crippen LogP contribution < -0.4 is 5.32 Å². The van der Waals surface area contributed by atoms with Crippen molar-refractivity contribution in [2.75, 3.05) is 11.5 Å². The molecule has 0 radical (unpaired) electrons. The number of benzene rings is 1. The number of nitrogens with zero attached hydrogens (tertiary/aromatic N) is 1. The summed E-state index contributed by atoms with van der Waals surface area (Å²) in [6, 6.07) is 4.12. The first-order valence-corrected chi connectivity index (χ1v) is 7.90. The Labute approximate surface area is 131 Å². The molecule has 1 heterocycles. The summed E-state index contributed by atoms with van der Waals surface area (Å²) in [7, 11) is 0. The molecular formula is C14H16N2O5S. The van der Waals surface area contributed by atoms with Crippen molar-refractivity contribution in [3.05, 3.63) is 39.4 Å². The summed E-state index contributed by atoms with van der Waals surface area (Å²) >= 11 is 1.64. The van der Waals surface area contributed by atoms with E-state index in [1.165, 1.54) is 18.2 Å². The number of amides is 1. The lowest BCUT2D eigenvalue weighted by Gasteiger charge is -2.33. The van der Waals surface area contributed by atoms with Crippen LogP contribution in [0.15, 0.2) is 18.2 Å². The summed E-state index contributed by atoms with van der Waals surface area (Å²) in [5, 5.41) is 22.9. The smallest absolute Gasteiger partial charge is 0.329 e. The molecule has 0 unspecified atom stereocenters. The van der Waals surface area contributed by atoms with Crippen LogP contribution in [-0.4, -0.2) is 39.0 Å². The van der Waals surface area contributed by atoms with Gasteiger partial charge in [0, 0.05) is 17.2 Å². The van der Waals surface area contributed by atoms with Crippen LogP contribution in [0.2, 0.25) is 0 Å². The first-order chi connectivity index (χ1) is 10.4. The SMILES string of the molecule is Cc1ccc(C(=O)NC2(C(=O)O)CCSCC2)cc1[N+](=O)[O-]. The highest BCUT2D eigenvalue weighted by atomic mass is 32.2. The van der Waals surface area contributed by atoms with Crippen molar-refractivity contribution < 1.29 is 19.6 Å². The van der Waals surface area contributed by atoms with E-state index in [1.54, 1.807) is 18.7 Å². The van der Waals surface area contributed by atoms with Crippen LogP contribution in [0, 0.1) is 17.0 Å². The Morgan fingerprint density at radius 2 is 2.00 bits per heavy atom. The normalized spacial score (nSPS) is 16.8. The van der Waals surface area contributed by atoms with Gasteiger partial charge in [0.25, 0.3) is 11.6 Å². The Hall–Kier alpha value is -2.09. The molecule has 1 aromatic rings. The number of thioether (sulfide) groups is 1. The van der Waals surface area contributed by atoms with Gasteiger partial charge >= 0.3 is 5.97 Å². The fraction of sp³-hybridized carbons (Fsp3) is 0.429. The first kappa shape index (κ1) is 16.3. The quantitative estimate of drug-likeness (QED) is 0.647. The van der Waals surface area contributed by atoms with E-state index in [4.69, 9.17) is 0 Å². The number of nitro benzene ring substituents is 1. The number of hydrogen-bond donors (Lipinski definition) is 2. The number of carboxylic acid groups (broad SMARTS) is 1. The molecule has 2 rings (SSSR count). The van der Waals surface area contributed by atoms with Gasteiger partial charge in [-0.3, -0.25) is 14.9 Å². The zero-order chi connectivity index (χ0) is 16.3. The van der Waals surface area contributed by atoms with E-state index in [-0.39, 0.29) is 11.3 Å². The molecule has 0 spiro atoms. The van der Waals surface area contributed by atoms with E-state index in [0.717, 1.165) is 0 Å². The van der Waals surface area contributed by atoms with Crippen molar-refractivity contribution in [2.45, 2.75) is 25.3 Å². The number of carbonyl (C=O) groups excluding carboxylic acids is 1. The summed E-state index contributed by atoms with van der Waals surface area (Å²) in [4.78, 5) is 34.2. The molecule has 1 aliphatic heterocycles. The second kappa shape index (κ2) is 6.35. The molecule has 1 amide bonds. The molecule has 0 bridgehead atoms. The molecule has 1 fully saturated rings. The highest BCUT2D eigenvalue weighted by molar-refractivity contribution is 7.99. The maximum atomic E-state index is 12.3. The van der Waals surface area contributed by atoms with Gasteiger partial charge in [0.15, 0.2) is 0 Å². The molecular weight excluding hydrogens is 308 g/mol. The lowest BCUT2D eigenvalue weighted by molar-refractivity contribution is -0.385. The van der Waals surface area contributed by atoms with E-state index in [2.05, 4.69) is 5.32 Å². The van der Waals surface area contributed by atoms with Crippen molar-refractivity contribution in [3.8, 4) is 0 Å². The summed E-state index contributed by atoms with van der Waals surface area (Å²) < 4.78 is 0. The molecule has 0 aromatic heterocycles. The topological polar surface area (TPSA) is 110 Å². The van der Waals surface area contributed by atoms with E-state index >= 15 is 0 Å². The third kappa shape index (κ3) is 3.22. The third-order valence-corrected chi connectivity index (χ3v) is 4.76. The lowest BCUT2D eigenvalue weighted by Crippen LogP contribution is -2.56. The number of hydrogen-bond acceptors (Lipinski definition) is 5. The number of carbonyl (C=O) groups is 2. The van der Waals surface area contributed by atoms with Crippen LogP contribution in [0.5, 0.6) is 0 Å². The summed E-state index contributed by atoms with van der Waals surface area (Å²) in [5.74, 6) is -0.360. The Bertz CT molecular complexity index is 626. The molecule has 0 aliphatic carbocycles. The van der Waals surface area contributed by atoms with Crippen molar-refractivity contribution >= 4 is 29.3 Å². The van der Waals surface area contributed by atoms with Gasteiger partial charge < -0.3 is 10.4 Å². The van der Waals surface area contributed by atoms with Crippen LogP contribution >= 0.6 is 11.8 Å². The maximum Gasteiger partial charge on any atom is 0.329 e. The fourth-order valence-corrected chi connectivity index (χ4v) is 3.54. The van der Waals surface area contributed by atoms with E-state index in [0.29, 0.717) is 29.9 Å². The average molecular weight is 324 g/mol. The van der Waals surface area contributed by atoms with E-state index < -0.39 is 22.3 Å². The minimum Gasteiger partial charge on any atom is -0.480 e. The second-order valence-electron chi connectivity index (χ2n) is 5.21. The Morgan fingerprint density at radius 1 is 1.36 bits per heavy atom. The Balaban J connectivity index is 2.26. The van der Waals surface area contributed by atoms with Gasteiger partial charge in [-0.25, -0.2) is 4.79 Å². The van der Waals surface area contributed by atoms with E-state index in [1.807, 2.05) is 0 Å². The summed E-state index contributed by atoms with van der Waals surface area (Å²) in [6.45, 7) is 1.58. The number of aryl methyl sites for hydroxylation is 1. The molecule has 22 heavy (non-hydrogen) atoms. The molecule has 0 atom stereocenters. The number of carboxylic acids is 1. The number of nitro groups is 1. The number of rotatable bonds is 4. The van der Waals surface area contributed by atoms with Crippen molar-refractivity contribution in [1.82, 2.24) is 5.32 Å². The molecule has 0 saturated carbocycles. The van der Waals surface area contributed by atoms with Crippen LogP contribution in [0.1, 0.15) is 28.8 Å². The van der Waals surface area contributed by atoms with Crippen LogP contribution in [0.25, 0.3) is 0 Å². The van der Waals surface area contributed by atoms with E-state index in [9.17, 15) is 24.8 Å². The second-order valence-corrected chi connectivity index (χ2v) is 6.44. The zero-order valence-corrected chi connectivity index (χ0v) is 12.8. The van der Waals surface area contributed by atoms with Crippen LogP contribution in [0.4, 0.5) is 5.69 Å². The van der Waals surface area contributed by atoms with Gasteiger partial charge in [0.05, 0.1) is 4.92 Å². The van der Waals surface area contributed by atoms with Gasteiger partial charge in [-0.15, -0.1) is 0 Å². The van der Waals surface area contributed by atoms with Crippen molar-refractivity contribution in [2.24, 2.45) is 0 Å². The molecule has 8 heteroatoms. The van der Waals surface area contributed by atoms with Gasteiger partial charge in [-0.2, -0.15) is 11.8 Å².